The van der Waals surface area contributed by atoms with E-state index in [1.807, 2.05) is 19.1 Å². The molecule has 2 heterocycles. The van der Waals surface area contributed by atoms with E-state index in [0.717, 1.165) is 5.56 Å². The van der Waals surface area contributed by atoms with Gasteiger partial charge in [0, 0.05) is 11.3 Å². The fourth-order valence-corrected chi connectivity index (χ4v) is 2.81. The Labute approximate surface area is 160 Å². The van der Waals surface area contributed by atoms with E-state index in [9.17, 15) is 4.79 Å². The molecule has 8 nitrogen and oxygen atoms in total. The van der Waals surface area contributed by atoms with Crippen LogP contribution in [0.1, 0.15) is 21.7 Å². The predicted octanol–water partition coefficient (Wildman–Crippen LogP) is 3.09. The van der Waals surface area contributed by atoms with Gasteiger partial charge in [-0.15, -0.1) is 0 Å². The van der Waals surface area contributed by atoms with Crippen molar-refractivity contribution < 1.29 is 4.79 Å². The quantitative estimate of drug-likeness (QED) is 0.574. The van der Waals surface area contributed by atoms with Gasteiger partial charge in [-0.2, -0.15) is 15.5 Å². The number of nitrogens with one attached hydrogen (secondary N) is 2. The van der Waals surface area contributed by atoms with Crippen LogP contribution in [0.4, 0.5) is 5.69 Å². The number of hydrogen-bond acceptors (Lipinski definition) is 5. The number of H-pyrrole nitrogens is 1. The van der Waals surface area contributed by atoms with Crippen LogP contribution in [0.5, 0.6) is 0 Å². The van der Waals surface area contributed by atoms with E-state index in [0.29, 0.717) is 34.2 Å². The van der Waals surface area contributed by atoms with Crippen LogP contribution in [0.3, 0.4) is 0 Å². The molecule has 0 fully saturated rings. The van der Waals surface area contributed by atoms with Crippen LogP contribution in [0.25, 0.3) is 17.1 Å². The number of rotatable bonds is 4. The van der Waals surface area contributed by atoms with E-state index in [1.165, 1.54) is 11.0 Å². The van der Waals surface area contributed by atoms with Gasteiger partial charge in [0.1, 0.15) is 12.0 Å². The van der Waals surface area contributed by atoms with Crippen LogP contribution in [-0.2, 0) is 0 Å². The van der Waals surface area contributed by atoms with Gasteiger partial charge in [-0.25, -0.2) is 9.67 Å². The molecule has 136 valence electrons. The van der Waals surface area contributed by atoms with Gasteiger partial charge in [0.2, 0.25) is 0 Å². The van der Waals surface area contributed by atoms with Crippen LogP contribution >= 0.6 is 0 Å². The molecule has 0 unspecified atom stereocenters. The zero-order chi connectivity index (χ0) is 19.5. The monoisotopic (exact) mass is 369 g/mol. The van der Waals surface area contributed by atoms with Crippen molar-refractivity contribution in [2.24, 2.45) is 0 Å². The van der Waals surface area contributed by atoms with Crippen LogP contribution in [0, 0.1) is 18.3 Å². The molecule has 0 saturated carbocycles. The topological polar surface area (TPSA) is 112 Å². The summed E-state index contributed by atoms with van der Waals surface area (Å²) >= 11 is 0. The Morgan fingerprint density at radius 2 is 2.00 bits per heavy atom. The second kappa shape index (κ2) is 7.17. The first kappa shape index (κ1) is 17.2. The van der Waals surface area contributed by atoms with Crippen molar-refractivity contribution >= 4 is 11.6 Å². The fourth-order valence-electron chi connectivity index (χ4n) is 2.81. The van der Waals surface area contributed by atoms with Crippen molar-refractivity contribution in [2.45, 2.75) is 6.92 Å². The van der Waals surface area contributed by atoms with Crippen LogP contribution in [0.2, 0.25) is 0 Å². The number of hydrogen-bond donors (Lipinski definition) is 2. The number of carbonyl (C=O) groups excluding carboxylic acids is 1. The first-order valence-corrected chi connectivity index (χ1v) is 8.49. The second-order valence-corrected chi connectivity index (χ2v) is 6.10. The summed E-state index contributed by atoms with van der Waals surface area (Å²) in [6, 6.07) is 18.0. The van der Waals surface area contributed by atoms with Gasteiger partial charge in [0.05, 0.1) is 23.0 Å². The minimum atomic E-state index is -0.298. The van der Waals surface area contributed by atoms with Gasteiger partial charge < -0.3 is 5.32 Å². The van der Waals surface area contributed by atoms with E-state index in [1.54, 1.807) is 42.5 Å². The molecule has 28 heavy (non-hydrogen) atoms. The molecule has 0 aliphatic carbocycles. The van der Waals surface area contributed by atoms with E-state index >= 15 is 0 Å². The minimum Gasteiger partial charge on any atom is -0.321 e. The van der Waals surface area contributed by atoms with Gasteiger partial charge in [-0.1, -0.05) is 6.07 Å². The van der Waals surface area contributed by atoms with Crippen molar-refractivity contribution in [1.29, 1.82) is 5.26 Å². The first-order chi connectivity index (χ1) is 13.6. The summed E-state index contributed by atoms with van der Waals surface area (Å²) in [5.74, 6) is 0.289. The van der Waals surface area contributed by atoms with Crippen LogP contribution in [0.15, 0.2) is 60.9 Å². The van der Waals surface area contributed by atoms with Crippen molar-refractivity contribution in [2.75, 3.05) is 5.32 Å². The van der Waals surface area contributed by atoms with Gasteiger partial charge in [-0.05, 0) is 55.5 Å². The average Bonchev–Trinajstić information content (AvgIpc) is 3.38. The third-order valence-electron chi connectivity index (χ3n) is 4.10. The Bertz CT molecular complexity index is 1170. The number of nitrogens with zero attached hydrogens (tertiary/aromatic N) is 5. The number of amides is 1. The maximum absolute atomic E-state index is 12.8. The molecule has 0 radical (unpaired) electrons. The van der Waals surface area contributed by atoms with Crippen molar-refractivity contribution in [3.8, 4) is 23.1 Å². The Morgan fingerprint density at radius 3 is 2.71 bits per heavy atom. The number of anilines is 1. The number of carbonyl (C=O) groups is 1. The third-order valence-corrected chi connectivity index (χ3v) is 4.10. The van der Waals surface area contributed by atoms with Gasteiger partial charge in [0.25, 0.3) is 5.91 Å². The molecule has 8 heteroatoms. The molecule has 0 aliphatic rings. The summed E-state index contributed by atoms with van der Waals surface area (Å²) in [5.41, 5.74) is 3.71. The number of aromatic nitrogens is 5. The lowest BCUT2D eigenvalue weighted by atomic mass is 10.2. The molecular formula is C20H15N7O. The fraction of sp³-hybridized carbons (Fsp3) is 0.0500. The second-order valence-electron chi connectivity index (χ2n) is 6.10. The number of aromatic amines is 1. The number of nitriles is 1. The maximum Gasteiger partial charge on any atom is 0.274 e. The summed E-state index contributed by atoms with van der Waals surface area (Å²) in [7, 11) is 0. The first-order valence-electron chi connectivity index (χ1n) is 8.49. The van der Waals surface area contributed by atoms with Gasteiger partial charge in [-0.3, -0.25) is 9.89 Å². The third kappa shape index (κ3) is 3.37. The maximum atomic E-state index is 12.8. The molecule has 2 aromatic carbocycles. The van der Waals surface area contributed by atoms with Crippen LogP contribution < -0.4 is 5.32 Å². The lowest BCUT2D eigenvalue weighted by Gasteiger charge is -2.09. The largest absolute Gasteiger partial charge is 0.321 e. The minimum absolute atomic E-state index is 0.298. The Kier molecular flexibility index (Phi) is 4.40. The highest BCUT2D eigenvalue weighted by molar-refractivity contribution is 6.03. The van der Waals surface area contributed by atoms with E-state index < -0.39 is 0 Å². The molecule has 4 aromatic rings. The summed E-state index contributed by atoms with van der Waals surface area (Å²) in [6.45, 7) is 1.81. The smallest absolute Gasteiger partial charge is 0.274 e. The molecule has 0 atom stereocenters. The number of aryl methyl sites for hydroxylation is 1. The lowest BCUT2D eigenvalue weighted by Crippen LogP contribution is -2.17. The zero-order valence-corrected chi connectivity index (χ0v) is 14.9. The van der Waals surface area contributed by atoms with E-state index in [4.69, 9.17) is 5.26 Å². The highest BCUT2D eigenvalue weighted by atomic mass is 16.2. The Hall–Kier alpha value is -4.25. The van der Waals surface area contributed by atoms with Crippen LogP contribution in [-0.4, -0.2) is 30.9 Å². The molecule has 2 aromatic heterocycles. The Balaban J connectivity index is 1.59. The molecule has 4 rings (SSSR count). The summed E-state index contributed by atoms with van der Waals surface area (Å²) < 4.78 is 1.54. The summed E-state index contributed by atoms with van der Waals surface area (Å²) in [6.07, 6.45) is 1.51. The molecule has 2 N–H and O–H groups in total. The standard InChI is InChI=1S/C20H15N7O/c1-13-9-18(27(26-13)17-4-2-3-14(10-17)11-21)20(28)24-16-7-5-15(6-8-16)19-22-12-23-25-19/h2-10,12H,1H3,(H,24,28)(H,22,23,25). The molecule has 0 aliphatic heterocycles. The van der Waals surface area contributed by atoms with Crippen molar-refractivity contribution in [3.63, 3.8) is 0 Å². The van der Waals surface area contributed by atoms with E-state index in [2.05, 4.69) is 31.7 Å². The average molecular weight is 369 g/mol. The van der Waals surface area contributed by atoms with Gasteiger partial charge >= 0.3 is 0 Å². The predicted molar refractivity (Wildman–Crippen MR) is 103 cm³/mol. The Morgan fingerprint density at radius 1 is 1.18 bits per heavy atom. The summed E-state index contributed by atoms with van der Waals surface area (Å²) in [4.78, 5) is 16.9. The normalized spacial score (nSPS) is 10.4. The lowest BCUT2D eigenvalue weighted by molar-refractivity contribution is 0.101. The SMILES string of the molecule is Cc1cc(C(=O)Nc2ccc(-c3nc[nH]n3)cc2)n(-c2cccc(C#N)c2)n1. The molecule has 0 saturated heterocycles. The van der Waals surface area contributed by atoms with Crippen molar-refractivity contribution in [3.05, 3.63) is 77.9 Å². The summed E-state index contributed by atoms with van der Waals surface area (Å²) in [5, 5.41) is 23.1. The van der Waals surface area contributed by atoms with E-state index in [-0.39, 0.29) is 5.91 Å². The molecule has 0 spiro atoms. The van der Waals surface area contributed by atoms with Gasteiger partial charge in [0.15, 0.2) is 5.82 Å². The molecular weight excluding hydrogens is 354 g/mol. The van der Waals surface area contributed by atoms with Crippen molar-refractivity contribution in [1.82, 2.24) is 25.0 Å². The highest BCUT2D eigenvalue weighted by Gasteiger charge is 2.16. The highest BCUT2D eigenvalue weighted by Crippen LogP contribution is 2.19. The number of benzene rings is 2. The molecule has 1 amide bonds. The zero-order valence-electron chi connectivity index (χ0n) is 14.9. The molecule has 0 bridgehead atoms.